The van der Waals surface area contributed by atoms with Gasteiger partial charge in [-0.1, -0.05) is 29.3 Å². The molecule has 0 saturated carbocycles. The summed E-state index contributed by atoms with van der Waals surface area (Å²) in [7, 11) is 0. The van der Waals surface area contributed by atoms with E-state index in [-0.39, 0.29) is 5.91 Å². The standard InChI is InChI=1S/C22H14Cl2N2O4/c23-15-3-1-2-14(20(15)24)22-26-16-11-13(5-7-17(16)30-22)25-21(27)12-4-6-18-19(10-12)29-9-8-28-18/h1-7,10-11H,8-9H2,(H,25,27). The largest absolute Gasteiger partial charge is 0.486 e. The Morgan fingerprint density at radius 3 is 2.67 bits per heavy atom. The first-order chi connectivity index (χ1) is 14.6. The number of hydrogen-bond acceptors (Lipinski definition) is 5. The van der Waals surface area contributed by atoms with E-state index in [9.17, 15) is 4.79 Å². The molecule has 0 aliphatic carbocycles. The van der Waals surface area contributed by atoms with E-state index in [0.29, 0.717) is 68.6 Å². The minimum atomic E-state index is -0.270. The molecule has 1 aliphatic heterocycles. The van der Waals surface area contributed by atoms with Crippen LogP contribution in [0.1, 0.15) is 10.4 Å². The quantitative estimate of drug-likeness (QED) is 0.434. The van der Waals surface area contributed by atoms with Gasteiger partial charge in [0.1, 0.15) is 18.7 Å². The smallest absolute Gasteiger partial charge is 0.255 e. The number of nitrogens with one attached hydrogen (secondary N) is 1. The molecule has 1 aromatic heterocycles. The molecule has 150 valence electrons. The van der Waals surface area contributed by atoms with Crippen molar-refractivity contribution in [3.63, 3.8) is 0 Å². The van der Waals surface area contributed by atoms with Gasteiger partial charge in [0.2, 0.25) is 5.89 Å². The van der Waals surface area contributed by atoms with Gasteiger partial charge in [-0.25, -0.2) is 4.98 Å². The minimum absolute atomic E-state index is 0.270. The van der Waals surface area contributed by atoms with Gasteiger partial charge in [-0.15, -0.1) is 0 Å². The Morgan fingerprint density at radius 2 is 1.80 bits per heavy atom. The fourth-order valence-electron chi connectivity index (χ4n) is 3.18. The van der Waals surface area contributed by atoms with E-state index in [2.05, 4.69) is 10.3 Å². The normalized spacial score (nSPS) is 12.7. The lowest BCUT2D eigenvalue weighted by Crippen LogP contribution is -2.17. The number of nitrogens with zero attached hydrogens (tertiary/aromatic N) is 1. The number of anilines is 1. The third kappa shape index (κ3) is 3.44. The Morgan fingerprint density at radius 1 is 0.967 bits per heavy atom. The fourth-order valence-corrected chi connectivity index (χ4v) is 3.56. The van der Waals surface area contributed by atoms with E-state index < -0.39 is 0 Å². The molecule has 0 spiro atoms. The molecule has 1 amide bonds. The summed E-state index contributed by atoms with van der Waals surface area (Å²) in [5, 5.41) is 3.66. The van der Waals surface area contributed by atoms with Crippen LogP contribution < -0.4 is 14.8 Å². The number of aromatic nitrogens is 1. The summed E-state index contributed by atoms with van der Waals surface area (Å²) < 4.78 is 16.8. The molecule has 5 rings (SSSR count). The van der Waals surface area contributed by atoms with Crippen molar-refractivity contribution in [3.05, 3.63) is 70.2 Å². The molecule has 1 N–H and O–H groups in total. The number of benzene rings is 3. The third-order valence-electron chi connectivity index (χ3n) is 4.63. The average molecular weight is 441 g/mol. The van der Waals surface area contributed by atoms with Gasteiger partial charge in [-0.2, -0.15) is 0 Å². The van der Waals surface area contributed by atoms with Crippen LogP contribution in [0.25, 0.3) is 22.6 Å². The predicted octanol–water partition coefficient (Wildman–Crippen LogP) is 5.83. The van der Waals surface area contributed by atoms with Gasteiger partial charge in [-0.05, 0) is 48.5 Å². The molecule has 0 unspecified atom stereocenters. The lowest BCUT2D eigenvalue weighted by atomic mass is 10.1. The molecular formula is C22H14Cl2N2O4. The lowest BCUT2D eigenvalue weighted by Gasteiger charge is -2.18. The summed E-state index contributed by atoms with van der Waals surface area (Å²) in [6.07, 6.45) is 0. The summed E-state index contributed by atoms with van der Waals surface area (Å²) in [6, 6.07) is 15.6. The van der Waals surface area contributed by atoms with Crippen LogP contribution in [0, 0.1) is 0 Å². The van der Waals surface area contributed by atoms with Crippen molar-refractivity contribution in [1.29, 1.82) is 0 Å². The van der Waals surface area contributed by atoms with Gasteiger partial charge >= 0.3 is 0 Å². The Hall–Kier alpha value is -3.22. The second-order valence-corrected chi connectivity index (χ2v) is 7.40. The Kier molecular flexibility index (Phi) is 4.73. The lowest BCUT2D eigenvalue weighted by molar-refractivity contribution is 0.102. The molecule has 0 saturated heterocycles. The number of oxazole rings is 1. The van der Waals surface area contributed by atoms with Gasteiger partial charge in [0.05, 0.1) is 15.6 Å². The third-order valence-corrected chi connectivity index (χ3v) is 5.45. The second-order valence-electron chi connectivity index (χ2n) is 6.62. The van der Waals surface area contributed by atoms with Crippen molar-refractivity contribution in [2.75, 3.05) is 18.5 Å². The van der Waals surface area contributed by atoms with E-state index in [1.54, 1.807) is 54.6 Å². The highest BCUT2D eigenvalue weighted by Crippen LogP contribution is 2.35. The Balaban J connectivity index is 1.41. The molecule has 0 radical (unpaired) electrons. The van der Waals surface area contributed by atoms with Crippen molar-refractivity contribution in [1.82, 2.24) is 4.98 Å². The van der Waals surface area contributed by atoms with Crippen LogP contribution in [0.15, 0.2) is 59.0 Å². The van der Waals surface area contributed by atoms with E-state index >= 15 is 0 Å². The molecule has 0 fully saturated rings. The Labute approximate surface area is 181 Å². The zero-order valence-electron chi connectivity index (χ0n) is 15.4. The van der Waals surface area contributed by atoms with Gasteiger partial charge < -0.3 is 19.2 Å². The van der Waals surface area contributed by atoms with Crippen LogP contribution in [0.5, 0.6) is 11.5 Å². The maximum atomic E-state index is 12.7. The van der Waals surface area contributed by atoms with E-state index in [1.165, 1.54) is 0 Å². The number of halogens is 2. The van der Waals surface area contributed by atoms with Crippen molar-refractivity contribution in [3.8, 4) is 23.0 Å². The maximum absolute atomic E-state index is 12.7. The minimum Gasteiger partial charge on any atom is -0.486 e. The van der Waals surface area contributed by atoms with Gasteiger partial charge in [-0.3, -0.25) is 4.79 Å². The molecule has 0 bridgehead atoms. The maximum Gasteiger partial charge on any atom is 0.255 e. The highest BCUT2D eigenvalue weighted by atomic mass is 35.5. The molecule has 8 heteroatoms. The second kappa shape index (κ2) is 7.55. The predicted molar refractivity (Wildman–Crippen MR) is 115 cm³/mol. The molecular weight excluding hydrogens is 427 g/mol. The average Bonchev–Trinajstić information content (AvgIpc) is 3.18. The van der Waals surface area contributed by atoms with E-state index in [0.717, 1.165) is 0 Å². The highest BCUT2D eigenvalue weighted by molar-refractivity contribution is 6.43. The van der Waals surface area contributed by atoms with E-state index in [4.69, 9.17) is 37.1 Å². The summed E-state index contributed by atoms with van der Waals surface area (Å²) >= 11 is 12.3. The number of carbonyl (C=O) groups excluding carboxylic acids is 1. The first-order valence-electron chi connectivity index (χ1n) is 9.14. The highest BCUT2D eigenvalue weighted by Gasteiger charge is 2.17. The number of ether oxygens (including phenoxy) is 2. The van der Waals surface area contributed by atoms with Gasteiger partial charge in [0, 0.05) is 11.3 Å². The molecule has 30 heavy (non-hydrogen) atoms. The number of fused-ring (bicyclic) bond motifs is 2. The number of carbonyl (C=O) groups is 1. The van der Waals surface area contributed by atoms with Crippen molar-refractivity contribution >= 4 is 45.9 Å². The topological polar surface area (TPSA) is 73.6 Å². The van der Waals surface area contributed by atoms with Crippen molar-refractivity contribution in [2.24, 2.45) is 0 Å². The molecule has 6 nitrogen and oxygen atoms in total. The summed E-state index contributed by atoms with van der Waals surface area (Å²) in [5.74, 6) is 1.28. The van der Waals surface area contributed by atoms with Crippen molar-refractivity contribution in [2.45, 2.75) is 0 Å². The summed E-state index contributed by atoms with van der Waals surface area (Å²) in [6.45, 7) is 0.957. The van der Waals surface area contributed by atoms with E-state index in [1.807, 2.05) is 0 Å². The zero-order chi connectivity index (χ0) is 20.7. The molecule has 1 aliphatic rings. The van der Waals surface area contributed by atoms with Crippen LogP contribution in [0.4, 0.5) is 5.69 Å². The fraction of sp³-hybridized carbons (Fsp3) is 0.0909. The molecule has 2 heterocycles. The first kappa shape index (κ1) is 18.8. The number of amides is 1. The molecule has 4 aromatic rings. The summed E-state index contributed by atoms with van der Waals surface area (Å²) in [5.41, 5.74) is 2.80. The van der Waals surface area contributed by atoms with Crippen LogP contribution >= 0.6 is 23.2 Å². The zero-order valence-corrected chi connectivity index (χ0v) is 17.0. The SMILES string of the molecule is O=C(Nc1ccc2oc(-c3cccc(Cl)c3Cl)nc2c1)c1ccc2c(c1)OCCO2. The number of hydrogen-bond donors (Lipinski definition) is 1. The van der Waals surface area contributed by atoms with Gasteiger partial charge in [0.15, 0.2) is 17.1 Å². The summed E-state index contributed by atoms with van der Waals surface area (Å²) in [4.78, 5) is 17.1. The van der Waals surface area contributed by atoms with Crippen LogP contribution in [-0.2, 0) is 0 Å². The first-order valence-corrected chi connectivity index (χ1v) is 9.90. The van der Waals surface area contributed by atoms with Crippen LogP contribution in [0.3, 0.4) is 0 Å². The monoisotopic (exact) mass is 440 g/mol. The van der Waals surface area contributed by atoms with Gasteiger partial charge in [0.25, 0.3) is 5.91 Å². The van der Waals surface area contributed by atoms with Crippen molar-refractivity contribution < 1.29 is 18.7 Å². The van der Waals surface area contributed by atoms with Crippen LogP contribution in [-0.4, -0.2) is 24.1 Å². The Bertz CT molecular complexity index is 1290. The van der Waals surface area contributed by atoms with Crippen LogP contribution in [0.2, 0.25) is 10.0 Å². The number of rotatable bonds is 3. The molecule has 3 aromatic carbocycles. The molecule has 0 atom stereocenters.